The van der Waals surface area contributed by atoms with Gasteiger partial charge in [-0.05, 0) is 49.7 Å². The van der Waals surface area contributed by atoms with E-state index >= 15 is 0 Å². The van der Waals surface area contributed by atoms with Gasteiger partial charge in [-0.25, -0.2) is 0 Å². The normalized spacial score (nSPS) is 16.3. The Morgan fingerprint density at radius 3 is 2.39 bits per heavy atom. The Morgan fingerprint density at radius 2 is 1.82 bits per heavy atom. The van der Waals surface area contributed by atoms with E-state index in [2.05, 4.69) is 4.94 Å². The summed E-state index contributed by atoms with van der Waals surface area (Å²) in [4.78, 5) is 17.7. The van der Waals surface area contributed by atoms with E-state index in [4.69, 9.17) is 4.74 Å². The number of carbonyl (C=O) groups is 1. The van der Waals surface area contributed by atoms with Crippen LogP contribution < -0.4 is 4.94 Å². The summed E-state index contributed by atoms with van der Waals surface area (Å²) in [5.74, 6) is -0.842. The Bertz CT molecular complexity index is 845. The number of alkyl halides is 3. The van der Waals surface area contributed by atoms with Crippen LogP contribution >= 0.6 is 0 Å². The fraction of sp³-hybridized carbons (Fsp3) is 0.450. The molecule has 1 fully saturated rings. The van der Waals surface area contributed by atoms with Gasteiger partial charge in [0.1, 0.15) is 0 Å². The van der Waals surface area contributed by atoms with Gasteiger partial charge in [-0.1, -0.05) is 24.3 Å². The number of halogens is 4. The number of rotatable bonds is 5. The van der Waals surface area contributed by atoms with Gasteiger partial charge in [0, 0.05) is 16.6 Å². The third-order valence-corrected chi connectivity index (χ3v) is 5.09. The molecular formula is C20H21F4NO3. The van der Waals surface area contributed by atoms with Gasteiger partial charge in [-0.3, -0.25) is 14.6 Å². The Balaban J connectivity index is 1.87. The molecule has 1 saturated heterocycles. The third-order valence-electron chi connectivity index (χ3n) is 5.09. The van der Waals surface area contributed by atoms with Crippen LogP contribution in [-0.2, 0) is 22.3 Å². The SMILES string of the molecule is CCOC(=O)C1CCN(Cc2c(OF)cc(C(F)(F)F)c3ccccc23)CC1. The van der Waals surface area contributed by atoms with Crippen molar-refractivity contribution in [1.82, 2.24) is 4.90 Å². The second-order valence-corrected chi connectivity index (χ2v) is 6.82. The number of carbonyl (C=O) groups excluding carboxylic acids is 1. The summed E-state index contributed by atoms with van der Waals surface area (Å²) in [5, 5.41) is 0.310. The molecule has 1 aliphatic heterocycles. The van der Waals surface area contributed by atoms with Gasteiger partial charge in [0.2, 0.25) is 0 Å². The fourth-order valence-corrected chi connectivity index (χ4v) is 3.69. The first-order chi connectivity index (χ1) is 13.3. The molecule has 2 aromatic rings. The number of nitrogens with zero attached hydrogens (tertiary/aromatic N) is 1. The summed E-state index contributed by atoms with van der Waals surface area (Å²) in [5.41, 5.74) is -0.568. The van der Waals surface area contributed by atoms with E-state index in [0.29, 0.717) is 49.6 Å². The quantitative estimate of drug-likeness (QED) is 0.530. The van der Waals surface area contributed by atoms with Gasteiger partial charge < -0.3 is 4.74 Å². The highest BCUT2D eigenvalue weighted by atomic mass is 19.4. The van der Waals surface area contributed by atoms with Crippen LogP contribution in [0.25, 0.3) is 10.8 Å². The number of esters is 1. The molecule has 0 saturated carbocycles. The van der Waals surface area contributed by atoms with Crippen molar-refractivity contribution >= 4 is 16.7 Å². The minimum Gasteiger partial charge on any atom is -0.466 e. The van der Waals surface area contributed by atoms with Gasteiger partial charge in [-0.15, -0.1) is 0 Å². The van der Waals surface area contributed by atoms with Crippen LogP contribution in [0.4, 0.5) is 17.7 Å². The van der Waals surface area contributed by atoms with Crippen molar-refractivity contribution in [3.63, 3.8) is 0 Å². The summed E-state index contributed by atoms with van der Waals surface area (Å²) in [6.45, 7) is 3.43. The molecule has 1 heterocycles. The molecule has 0 N–H and O–H groups in total. The Hall–Kier alpha value is -2.35. The zero-order valence-electron chi connectivity index (χ0n) is 15.4. The minimum atomic E-state index is -4.62. The van der Waals surface area contributed by atoms with Crippen molar-refractivity contribution in [2.24, 2.45) is 5.92 Å². The van der Waals surface area contributed by atoms with E-state index in [1.807, 2.05) is 4.90 Å². The van der Waals surface area contributed by atoms with Gasteiger partial charge >= 0.3 is 12.1 Å². The van der Waals surface area contributed by atoms with Crippen LogP contribution in [0.3, 0.4) is 0 Å². The molecule has 0 radical (unpaired) electrons. The second kappa shape index (κ2) is 8.34. The van der Waals surface area contributed by atoms with Crippen LogP contribution in [0.5, 0.6) is 5.75 Å². The molecule has 0 unspecified atom stereocenters. The number of ether oxygens (including phenoxy) is 1. The molecule has 0 amide bonds. The molecule has 0 bridgehead atoms. The summed E-state index contributed by atoms with van der Waals surface area (Å²) in [6, 6.07) is 6.75. The van der Waals surface area contributed by atoms with Crippen molar-refractivity contribution in [2.45, 2.75) is 32.5 Å². The highest BCUT2D eigenvalue weighted by Gasteiger charge is 2.35. The average Bonchev–Trinajstić information content (AvgIpc) is 2.68. The lowest BCUT2D eigenvalue weighted by Crippen LogP contribution is -2.36. The number of hydrogen-bond donors (Lipinski definition) is 0. The minimum absolute atomic E-state index is 0.00668. The maximum absolute atomic E-state index is 13.4. The van der Waals surface area contributed by atoms with Crippen LogP contribution in [0.1, 0.15) is 30.9 Å². The fourth-order valence-electron chi connectivity index (χ4n) is 3.69. The van der Waals surface area contributed by atoms with Gasteiger partial charge in [0.15, 0.2) is 5.75 Å². The molecule has 8 heteroatoms. The van der Waals surface area contributed by atoms with Crippen LogP contribution in [0, 0.1) is 5.92 Å². The molecule has 28 heavy (non-hydrogen) atoms. The van der Waals surface area contributed by atoms with Crippen molar-refractivity contribution in [2.75, 3.05) is 19.7 Å². The maximum Gasteiger partial charge on any atom is 0.417 e. The zero-order valence-corrected chi connectivity index (χ0v) is 15.4. The van der Waals surface area contributed by atoms with E-state index in [-0.39, 0.29) is 23.8 Å². The number of fused-ring (bicyclic) bond motifs is 1. The largest absolute Gasteiger partial charge is 0.466 e. The Kier molecular flexibility index (Phi) is 6.07. The van der Waals surface area contributed by atoms with Gasteiger partial charge in [-0.2, -0.15) is 13.2 Å². The topological polar surface area (TPSA) is 38.8 Å². The van der Waals surface area contributed by atoms with E-state index in [9.17, 15) is 22.5 Å². The van der Waals surface area contributed by atoms with Crippen molar-refractivity contribution in [3.05, 3.63) is 41.5 Å². The number of likely N-dealkylation sites (tertiary alicyclic amines) is 1. The molecule has 1 aliphatic rings. The zero-order chi connectivity index (χ0) is 20.3. The lowest BCUT2D eigenvalue weighted by Gasteiger charge is -2.31. The summed E-state index contributed by atoms with van der Waals surface area (Å²) >= 11 is 0. The van der Waals surface area contributed by atoms with Gasteiger partial charge in [0.25, 0.3) is 0 Å². The maximum atomic E-state index is 13.4. The average molecular weight is 399 g/mol. The van der Waals surface area contributed by atoms with E-state index in [0.717, 1.165) is 0 Å². The molecule has 3 rings (SSSR count). The van der Waals surface area contributed by atoms with E-state index < -0.39 is 17.5 Å². The first-order valence-electron chi connectivity index (χ1n) is 9.14. The molecule has 152 valence electrons. The monoisotopic (exact) mass is 399 g/mol. The van der Waals surface area contributed by atoms with Gasteiger partial charge in [0.05, 0.1) is 18.1 Å². The third kappa shape index (κ3) is 4.22. The molecule has 2 aromatic carbocycles. The number of hydrogen-bond acceptors (Lipinski definition) is 4. The van der Waals surface area contributed by atoms with Crippen LogP contribution in [0.15, 0.2) is 30.3 Å². The second-order valence-electron chi connectivity index (χ2n) is 6.82. The first kappa shape index (κ1) is 20.4. The van der Waals surface area contributed by atoms with Crippen molar-refractivity contribution in [3.8, 4) is 5.75 Å². The highest BCUT2D eigenvalue weighted by Crippen LogP contribution is 2.41. The predicted octanol–water partition coefficient (Wildman–Crippen LogP) is 4.90. The van der Waals surface area contributed by atoms with Crippen molar-refractivity contribution < 1.29 is 32.2 Å². The molecular weight excluding hydrogens is 378 g/mol. The molecule has 0 spiro atoms. The smallest absolute Gasteiger partial charge is 0.417 e. The molecule has 0 atom stereocenters. The summed E-state index contributed by atoms with van der Waals surface area (Å²) in [7, 11) is 0. The highest BCUT2D eigenvalue weighted by molar-refractivity contribution is 5.91. The Labute approximate surface area is 159 Å². The summed E-state index contributed by atoms with van der Waals surface area (Å²) < 4.78 is 58.3. The number of piperidine rings is 1. The van der Waals surface area contributed by atoms with Crippen LogP contribution in [0.2, 0.25) is 0 Å². The predicted molar refractivity (Wildman–Crippen MR) is 95.3 cm³/mol. The lowest BCUT2D eigenvalue weighted by molar-refractivity contribution is -0.149. The molecule has 4 nitrogen and oxygen atoms in total. The first-order valence-corrected chi connectivity index (χ1v) is 9.14. The summed E-state index contributed by atoms with van der Waals surface area (Å²) in [6.07, 6.45) is -3.45. The number of benzene rings is 2. The lowest BCUT2D eigenvalue weighted by atomic mass is 9.94. The van der Waals surface area contributed by atoms with E-state index in [1.54, 1.807) is 13.0 Å². The van der Waals surface area contributed by atoms with Crippen LogP contribution in [-0.4, -0.2) is 30.6 Å². The Morgan fingerprint density at radius 1 is 1.18 bits per heavy atom. The van der Waals surface area contributed by atoms with E-state index in [1.165, 1.54) is 18.2 Å². The molecule has 0 aromatic heterocycles. The molecule has 0 aliphatic carbocycles. The standard InChI is InChI=1S/C20H21F4NO3/c1-2-27-19(26)13-7-9-25(10-8-13)12-16-14-5-3-4-6-15(14)17(20(21,22)23)11-18(16)28-24/h3-6,11,13H,2,7-10,12H2,1H3. The van der Waals surface area contributed by atoms with Crippen molar-refractivity contribution in [1.29, 1.82) is 0 Å².